The highest BCUT2D eigenvalue weighted by Gasteiger charge is 2.07. The van der Waals surface area contributed by atoms with Gasteiger partial charge in [0, 0.05) is 31.5 Å². The first-order valence-corrected chi connectivity index (χ1v) is 8.86. The van der Waals surface area contributed by atoms with Gasteiger partial charge in [-0.05, 0) is 47.2 Å². The molecule has 0 spiro atoms. The molecule has 114 valence electrons. The molecule has 0 aliphatic carbocycles. The van der Waals surface area contributed by atoms with Gasteiger partial charge in [0.1, 0.15) is 0 Å². The van der Waals surface area contributed by atoms with Gasteiger partial charge >= 0.3 is 0 Å². The Morgan fingerprint density at radius 3 is 2.08 bits per heavy atom. The van der Waals surface area contributed by atoms with Crippen molar-refractivity contribution in [2.45, 2.75) is 0 Å². The minimum atomic E-state index is 1.11. The number of thiophene rings is 1. The van der Waals surface area contributed by atoms with Crippen molar-refractivity contribution in [1.29, 1.82) is 0 Å². The zero-order valence-corrected chi connectivity index (χ0v) is 13.8. The van der Waals surface area contributed by atoms with Crippen LogP contribution < -0.4 is 5.32 Å². The third-order valence-corrected chi connectivity index (χ3v) is 5.52. The van der Waals surface area contributed by atoms with Crippen molar-refractivity contribution < 1.29 is 0 Å². The van der Waals surface area contributed by atoms with Crippen molar-refractivity contribution >= 4 is 53.7 Å². The number of fused-ring (bicyclic) bond motifs is 4. The molecular formula is C22H15NS. The third-order valence-electron chi connectivity index (χ3n) is 4.40. The third kappa shape index (κ3) is 2.24. The fraction of sp³-hybridized carbons (Fsp3) is 0. The average Bonchev–Trinajstić information content (AvgIpc) is 2.97. The molecule has 0 saturated carbocycles. The molecule has 0 atom stereocenters. The van der Waals surface area contributed by atoms with E-state index >= 15 is 0 Å². The van der Waals surface area contributed by atoms with Gasteiger partial charge < -0.3 is 5.32 Å². The molecule has 4 aromatic carbocycles. The highest BCUT2D eigenvalue weighted by atomic mass is 32.1. The maximum Gasteiger partial charge on any atom is 0.0398 e. The summed E-state index contributed by atoms with van der Waals surface area (Å²) in [6.45, 7) is 0. The maximum atomic E-state index is 3.48. The summed E-state index contributed by atoms with van der Waals surface area (Å²) in [4.78, 5) is 0. The van der Waals surface area contributed by atoms with Gasteiger partial charge in [-0.25, -0.2) is 0 Å². The largest absolute Gasteiger partial charge is 0.355 e. The number of hydrogen-bond acceptors (Lipinski definition) is 2. The van der Waals surface area contributed by atoms with Crippen LogP contribution in [0.4, 0.5) is 11.4 Å². The second kappa shape index (κ2) is 5.36. The molecule has 0 fully saturated rings. The summed E-state index contributed by atoms with van der Waals surface area (Å²) >= 11 is 1.86. The van der Waals surface area contributed by atoms with Crippen LogP contribution in [0.25, 0.3) is 30.9 Å². The SMILES string of the molecule is c1ccc(Nc2ccc3c(c2)sc2cc4ccccc4cc23)cc1. The molecule has 1 N–H and O–H groups in total. The predicted octanol–water partition coefficient (Wildman–Crippen LogP) is 6.95. The number of anilines is 2. The van der Waals surface area contributed by atoms with Crippen molar-refractivity contribution in [2.75, 3.05) is 5.32 Å². The van der Waals surface area contributed by atoms with Gasteiger partial charge in [-0.1, -0.05) is 48.5 Å². The van der Waals surface area contributed by atoms with E-state index in [-0.39, 0.29) is 0 Å². The van der Waals surface area contributed by atoms with E-state index in [0.717, 1.165) is 11.4 Å². The van der Waals surface area contributed by atoms with Crippen LogP contribution in [0.2, 0.25) is 0 Å². The second-order valence-corrected chi connectivity index (χ2v) is 7.08. The van der Waals surface area contributed by atoms with Crippen LogP contribution in [0.15, 0.2) is 84.9 Å². The molecule has 0 radical (unpaired) electrons. The molecular weight excluding hydrogens is 310 g/mol. The Bertz CT molecular complexity index is 1170. The van der Waals surface area contributed by atoms with Crippen LogP contribution in [0.1, 0.15) is 0 Å². The lowest BCUT2D eigenvalue weighted by molar-refractivity contribution is 1.57. The Balaban J connectivity index is 1.67. The van der Waals surface area contributed by atoms with E-state index in [4.69, 9.17) is 0 Å². The van der Waals surface area contributed by atoms with E-state index in [1.54, 1.807) is 0 Å². The van der Waals surface area contributed by atoms with E-state index in [0.29, 0.717) is 0 Å². The lowest BCUT2D eigenvalue weighted by Crippen LogP contribution is -1.88. The summed E-state index contributed by atoms with van der Waals surface area (Å²) in [5.41, 5.74) is 2.24. The molecule has 0 bridgehead atoms. The first kappa shape index (κ1) is 13.6. The van der Waals surface area contributed by atoms with Gasteiger partial charge in [-0.2, -0.15) is 0 Å². The van der Waals surface area contributed by atoms with E-state index in [1.165, 1.54) is 30.9 Å². The Labute approximate surface area is 144 Å². The topological polar surface area (TPSA) is 12.0 Å². The minimum Gasteiger partial charge on any atom is -0.355 e. The van der Waals surface area contributed by atoms with Crippen molar-refractivity contribution in [3.63, 3.8) is 0 Å². The number of benzene rings is 4. The van der Waals surface area contributed by atoms with Gasteiger partial charge in [-0.3, -0.25) is 0 Å². The van der Waals surface area contributed by atoms with E-state index in [1.807, 2.05) is 29.5 Å². The molecule has 24 heavy (non-hydrogen) atoms. The molecule has 0 saturated heterocycles. The predicted molar refractivity (Wildman–Crippen MR) is 107 cm³/mol. The monoisotopic (exact) mass is 325 g/mol. The Morgan fingerprint density at radius 2 is 1.25 bits per heavy atom. The van der Waals surface area contributed by atoms with Crippen molar-refractivity contribution in [1.82, 2.24) is 0 Å². The van der Waals surface area contributed by atoms with Gasteiger partial charge in [-0.15, -0.1) is 11.3 Å². The van der Waals surface area contributed by atoms with E-state index in [9.17, 15) is 0 Å². The molecule has 5 aromatic rings. The summed E-state index contributed by atoms with van der Waals surface area (Å²) in [7, 11) is 0. The maximum absolute atomic E-state index is 3.48. The fourth-order valence-corrected chi connectivity index (χ4v) is 4.40. The molecule has 0 aliphatic rings. The zero-order valence-electron chi connectivity index (χ0n) is 13.0. The first-order valence-electron chi connectivity index (χ1n) is 8.04. The molecule has 0 amide bonds. The molecule has 1 nitrogen and oxygen atoms in total. The van der Waals surface area contributed by atoms with Crippen molar-refractivity contribution in [2.24, 2.45) is 0 Å². The molecule has 1 aromatic heterocycles. The smallest absolute Gasteiger partial charge is 0.0398 e. The van der Waals surface area contributed by atoms with E-state index < -0.39 is 0 Å². The summed E-state index contributed by atoms with van der Waals surface area (Å²) in [5, 5.41) is 8.77. The van der Waals surface area contributed by atoms with Crippen LogP contribution in [0.5, 0.6) is 0 Å². The Hall–Kier alpha value is -2.84. The first-order chi connectivity index (χ1) is 11.9. The minimum absolute atomic E-state index is 1.11. The van der Waals surface area contributed by atoms with Gasteiger partial charge in [0.25, 0.3) is 0 Å². The van der Waals surface area contributed by atoms with Crippen LogP contribution in [-0.4, -0.2) is 0 Å². The quantitative estimate of drug-likeness (QED) is 0.370. The van der Waals surface area contributed by atoms with Crippen molar-refractivity contribution in [3.05, 3.63) is 84.9 Å². The van der Waals surface area contributed by atoms with Gasteiger partial charge in [0.15, 0.2) is 0 Å². The van der Waals surface area contributed by atoms with Gasteiger partial charge in [0.2, 0.25) is 0 Å². The molecule has 2 heteroatoms. The van der Waals surface area contributed by atoms with E-state index in [2.05, 4.69) is 72.0 Å². The molecule has 0 unspecified atom stereocenters. The number of hydrogen-bond donors (Lipinski definition) is 1. The second-order valence-electron chi connectivity index (χ2n) is 6.00. The fourth-order valence-electron chi connectivity index (χ4n) is 3.23. The highest BCUT2D eigenvalue weighted by Crippen LogP contribution is 2.37. The Kier molecular flexibility index (Phi) is 3.03. The van der Waals surface area contributed by atoms with Crippen molar-refractivity contribution in [3.8, 4) is 0 Å². The molecule has 5 rings (SSSR count). The van der Waals surface area contributed by atoms with Crippen LogP contribution in [-0.2, 0) is 0 Å². The number of nitrogens with one attached hydrogen (secondary N) is 1. The number of rotatable bonds is 2. The standard InChI is InChI=1S/C22H15NS/c1-2-8-17(9-3-1)23-18-10-11-19-20-12-15-6-4-5-7-16(15)13-21(20)24-22(19)14-18/h1-14,23H. The summed E-state index contributed by atoms with van der Waals surface area (Å²) in [6, 6.07) is 30.1. The lowest BCUT2D eigenvalue weighted by Gasteiger charge is -2.06. The van der Waals surface area contributed by atoms with Crippen LogP contribution >= 0.6 is 11.3 Å². The molecule has 1 heterocycles. The summed E-state index contributed by atoms with van der Waals surface area (Å²) < 4.78 is 2.67. The van der Waals surface area contributed by atoms with Crippen LogP contribution in [0.3, 0.4) is 0 Å². The zero-order chi connectivity index (χ0) is 15.9. The summed E-state index contributed by atoms with van der Waals surface area (Å²) in [5.74, 6) is 0. The average molecular weight is 325 g/mol. The van der Waals surface area contributed by atoms with Gasteiger partial charge in [0.05, 0.1) is 0 Å². The molecule has 0 aliphatic heterocycles. The Morgan fingerprint density at radius 1 is 0.542 bits per heavy atom. The number of para-hydroxylation sites is 1. The normalized spacial score (nSPS) is 11.3. The summed E-state index contributed by atoms with van der Waals surface area (Å²) in [6.07, 6.45) is 0. The lowest BCUT2D eigenvalue weighted by atomic mass is 10.1. The highest BCUT2D eigenvalue weighted by molar-refractivity contribution is 7.25. The van der Waals surface area contributed by atoms with Crippen LogP contribution in [0, 0.1) is 0 Å².